The minimum atomic E-state index is -4.60. The van der Waals surface area contributed by atoms with Gasteiger partial charge in [0.25, 0.3) is 5.56 Å². The van der Waals surface area contributed by atoms with Crippen molar-refractivity contribution in [2.75, 3.05) is 7.11 Å². The van der Waals surface area contributed by atoms with E-state index < -0.39 is 40.6 Å². The van der Waals surface area contributed by atoms with Crippen LogP contribution < -0.4 is 16.1 Å². The Morgan fingerprint density at radius 1 is 1.14 bits per heavy atom. The maximum atomic E-state index is 13.7. The van der Waals surface area contributed by atoms with Gasteiger partial charge in [-0.2, -0.15) is 13.2 Å². The van der Waals surface area contributed by atoms with Crippen molar-refractivity contribution < 1.29 is 22.7 Å². The van der Waals surface area contributed by atoms with E-state index in [1.807, 2.05) is 0 Å². The number of hydrogen-bond donors (Lipinski definition) is 0. The number of thiazole rings is 1. The molecule has 0 saturated heterocycles. The summed E-state index contributed by atoms with van der Waals surface area (Å²) in [6.45, 7) is 0. The summed E-state index contributed by atoms with van der Waals surface area (Å²) in [5.41, 5.74) is -1.87. The Balaban J connectivity index is 1.79. The van der Waals surface area contributed by atoms with E-state index >= 15 is 0 Å². The van der Waals surface area contributed by atoms with E-state index in [4.69, 9.17) is 4.74 Å². The molecule has 8 nitrogen and oxygen atoms in total. The number of nitrogens with zero attached hydrogens (tertiary/aromatic N) is 3. The summed E-state index contributed by atoms with van der Waals surface area (Å²) in [7, 11) is 2.69. The number of rotatable bonds is 3. The lowest BCUT2D eigenvalue weighted by atomic mass is 9.84. The number of esters is 1. The van der Waals surface area contributed by atoms with Crippen molar-refractivity contribution in [3.8, 4) is 5.69 Å². The van der Waals surface area contributed by atoms with Crippen LogP contribution in [0.2, 0.25) is 0 Å². The summed E-state index contributed by atoms with van der Waals surface area (Å²) >= 11 is 0.964. The monoisotopic (exact) mass is 531 g/mol. The van der Waals surface area contributed by atoms with Gasteiger partial charge >= 0.3 is 22.7 Å². The Morgan fingerprint density at radius 3 is 2.59 bits per heavy atom. The van der Waals surface area contributed by atoms with E-state index in [1.165, 1.54) is 16.7 Å². The first-order chi connectivity index (χ1) is 17.5. The highest BCUT2D eigenvalue weighted by atomic mass is 32.1. The van der Waals surface area contributed by atoms with Gasteiger partial charge in [0, 0.05) is 13.2 Å². The van der Waals surface area contributed by atoms with Crippen LogP contribution in [-0.4, -0.2) is 26.8 Å². The van der Waals surface area contributed by atoms with Crippen molar-refractivity contribution in [1.82, 2.24) is 13.7 Å². The maximum Gasteiger partial charge on any atom is 0.416 e. The Hall–Kier alpha value is -3.93. The average molecular weight is 532 g/mol. The molecule has 5 rings (SSSR count). The number of aromatic nitrogens is 3. The molecule has 1 aliphatic carbocycles. The van der Waals surface area contributed by atoms with E-state index in [-0.39, 0.29) is 34.5 Å². The highest BCUT2D eigenvalue weighted by molar-refractivity contribution is 7.16. The van der Waals surface area contributed by atoms with Crippen LogP contribution >= 0.6 is 11.3 Å². The molecule has 2 aromatic carbocycles. The number of methoxy groups -OCH3 is 1. The zero-order valence-corrected chi connectivity index (χ0v) is 20.5. The van der Waals surface area contributed by atoms with Crippen molar-refractivity contribution in [3.05, 3.63) is 95.4 Å². The van der Waals surface area contributed by atoms with Crippen molar-refractivity contribution in [3.63, 3.8) is 0 Å². The fourth-order valence-corrected chi connectivity index (χ4v) is 5.82. The molecule has 12 heteroatoms. The van der Waals surface area contributed by atoms with Gasteiger partial charge in [0.1, 0.15) is 5.56 Å². The second kappa shape index (κ2) is 8.87. The fraction of sp³-hybridized carbons (Fsp3) is 0.280. The van der Waals surface area contributed by atoms with Gasteiger partial charge in [0.2, 0.25) is 0 Å². The molecular formula is C25H20F3N3O5S. The maximum absolute atomic E-state index is 13.7. The lowest BCUT2D eigenvalue weighted by molar-refractivity contribution is -0.138. The molecule has 4 aromatic rings. The predicted molar refractivity (Wildman–Crippen MR) is 131 cm³/mol. The molecule has 1 atom stereocenters. The van der Waals surface area contributed by atoms with E-state index in [2.05, 4.69) is 0 Å². The number of carbonyl (C=O) groups excluding carboxylic acids is 1. The van der Waals surface area contributed by atoms with Crippen molar-refractivity contribution in [1.29, 1.82) is 0 Å². The van der Waals surface area contributed by atoms with E-state index in [1.54, 1.807) is 25.2 Å². The molecule has 192 valence electrons. The van der Waals surface area contributed by atoms with Crippen LogP contribution in [0.4, 0.5) is 13.2 Å². The van der Waals surface area contributed by atoms with Gasteiger partial charge < -0.3 is 9.30 Å². The minimum absolute atomic E-state index is 0.0306. The molecule has 0 aliphatic heterocycles. The molecule has 37 heavy (non-hydrogen) atoms. The van der Waals surface area contributed by atoms with Crippen LogP contribution in [0.5, 0.6) is 0 Å². The average Bonchev–Trinajstić information content (AvgIpc) is 3.15. The number of aryl methyl sites for hydroxylation is 1. The molecular weight excluding hydrogens is 511 g/mol. The Kier molecular flexibility index (Phi) is 5.94. The number of benzene rings is 2. The second-order valence-corrected chi connectivity index (χ2v) is 9.71. The fourth-order valence-electron chi connectivity index (χ4n) is 4.91. The normalized spacial score (nSPS) is 15.5. The Morgan fingerprint density at radius 2 is 1.89 bits per heavy atom. The zero-order chi connectivity index (χ0) is 26.6. The SMILES string of the molecule is COC(=O)c1cn(-c2ccc3c(c2)sc(=O)n3C)c(=O)n(C2CCCc3c2cccc3C(F)(F)F)c1=O. The number of halogens is 3. The van der Waals surface area contributed by atoms with Crippen molar-refractivity contribution in [2.24, 2.45) is 7.05 Å². The number of ether oxygens (including phenoxy) is 1. The first-order valence-electron chi connectivity index (χ1n) is 11.3. The summed E-state index contributed by atoms with van der Waals surface area (Å²) in [6.07, 6.45) is -2.85. The van der Waals surface area contributed by atoms with E-state index in [9.17, 15) is 32.3 Å². The first-order valence-corrected chi connectivity index (χ1v) is 12.1. The molecule has 0 amide bonds. The summed E-state index contributed by atoms with van der Waals surface area (Å²) < 4.78 is 49.8. The Bertz CT molecular complexity index is 1750. The van der Waals surface area contributed by atoms with Crippen molar-refractivity contribution in [2.45, 2.75) is 31.5 Å². The van der Waals surface area contributed by atoms with Crippen LogP contribution in [0.15, 0.2) is 57.0 Å². The number of hydrogen-bond acceptors (Lipinski definition) is 6. The molecule has 0 saturated carbocycles. The molecule has 0 bridgehead atoms. The van der Waals surface area contributed by atoms with Gasteiger partial charge in [-0.15, -0.1) is 0 Å². The van der Waals surface area contributed by atoms with Crippen LogP contribution in [0.3, 0.4) is 0 Å². The quantitative estimate of drug-likeness (QED) is 0.377. The second-order valence-electron chi connectivity index (χ2n) is 8.72. The third-order valence-corrected chi connectivity index (χ3v) is 7.67. The molecule has 0 fully saturated rings. The number of carbonyl (C=O) groups is 1. The van der Waals surface area contributed by atoms with Gasteiger partial charge in [0.15, 0.2) is 0 Å². The highest BCUT2D eigenvalue weighted by Crippen LogP contribution is 2.40. The lowest BCUT2D eigenvalue weighted by Crippen LogP contribution is -2.45. The Labute approximate surface area is 210 Å². The molecule has 0 spiro atoms. The number of fused-ring (bicyclic) bond motifs is 2. The van der Waals surface area contributed by atoms with Gasteiger partial charge in [-0.1, -0.05) is 23.5 Å². The zero-order valence-electron chi connectivity index (χ0n) is 19.7. The third kappa shape index (κ3) is 4.01. The summed E-state index contributed by atoms with van der Waals surface area (Å²) in [4.78, 5) is 51.5. The third-order valence-electron chi connectivity index (χ3n) is 6.67. The van der Waals surface area contributed by atoms with Gasteiger partial charge in [-0.25, -0.2) is 9.59 Å². The molecule has 0 N–H and O–H groups in total. The smallest absolute Gasteiger partial charge is 0.416 e. The molecule has 1 unspecified atom stereocenters. The summed E-state index contributed by atoms with van der Waals surface area (Å²) in [5, 5.41) is 0. The molecule has 0 radical (unpaired) electrons. The van der Waals surface area contributed by atoms with Crippen molar-refractivity contribution >= 4 is 27.5 Å². The molecule has 2 aromatic heterocycles. The van der Waals surface area contributed by atoms with Crippen LogP contribution in [-0.2, 0) is 24.4 Å². The lowest BCUT2D eigenvalue weighted by Gasteiger charge is -2.29. The molecule has 1 aliphatic rings. The van der Waals surface area contributed by atoms with Crippen LogP contribution in [0.25, 0.3) is 15.9 Å². The summed E-state index contributed by atoms with van der Waals surface area (Å²) in [6, 6.07) is 7.46. The van der Waals surface area contributed by atoms with Gasteiger partial charge in [0.05, 0.1) is 34.6 Å². The predicted octanol–water partition coefficient (Wildman–Crippen LogP) is 3.64. The largest absolute Gasteiger partial charge is 0.465 e. The first kappa shape index (κ1) is 24.8. The minimum Gasteiger partial charge on any atom is -0.465 e. The topological polar surface area (TPSA) is 92.3 Å². The van der Waals surface area contributed by atoms with Gasteiger partial charge in [-0.3, -0.25) is 18.7 Å². The van der Waals surface area contributed by atoms with Crippen LogP contribution in [0.1, 0.15) is 45.9 Å². The van der Waals surface area contributed by atoms with E-state index in [0.717, 1.165) is 39.8 Å². The van der Waals surface area contributed by atoms with Crippen LogP contribution in [0, 0.1) is 0 Å². The summed E-state index contributed by atoms with van der Waals surface area (Å²) in [5.74, 6) is -0.988. The van der Waals surface area contributed by atoms with Gasteiger partial charge in [-0.05, 0) is 54.7 Å². The van der Waals surface area contributed by atoms with E-state index in [0.29, 0.717) is 16.6 Å². The standard InChI is InChI=1S/C25H20F3N3O5S/c1-29-19-10-9-13(11-20(19)37-24(29)35)30-12-16(22(33)36-2)21(32)31(23(30)34)18-8-4-5-14-15(18)6-3-7-17(14)25(26,27)28/h3,6-7,9-12,18H,4-5,8H2,1-2H3. The molecule has 2 heterocycles. The highest BCUT2D eigenvalue weighted by Gasteiger charge is 2.37. The number of alkyl halides is 3.